The summed E-state index contributed by atoms with van der Waals surface area (Å²) in [6.45, 7) is 0.820. The van der Waals surface area contributed by atoms with Crippen molar-refractivity contribution in [2.24, 2.45) is 0 Å². The number of rotatable bonds is 8. The molecule has 1 amide bonds. The molecule has 0 bridgehead atoms. The lowest BCUT2D eigenvalue weighted by molar-refractivity contribution is -0.121. The number of nitrogens with zero attached hydrogens (tertiary/aromatic N) is 2. The summed E-state index contributed by atoms with van der Waals surface area (Å²) in [4.78, 5) is 15.7. The van der Waals surface area contributed by atoms with Gasteiger partial charge in [-0.25, -0.2) is 4.39 Å². The molecule has 0 radical (unpaired) electrons. The highest BCUT2D eigenvalue weighted by Gasteiger charge is 2.26. The Morgan fingerprint density at radius 1 is 1.37 bits per heavy atom. The molecule has 166 valence electrons. The van der Waals surface area contributed by atoms with Crippen LogP contribution in [0.3, 0.4) is 0 Å². The summed E-state index contributed by atoms with van der Waals surface area (Å²) in [5, 5.41) is 2.73. The lowest BCUT2D eigenvalue weighted by atomic mass is 10.1. The molecule has 0 aromatic heterocycles. The third-order valence-corrected chi connectivity index (χ3v) is 4.80. The summed E-state index contributed by atoms with van der Waals surface area (Å²) >= 11 is 0. The summed E-state index contributed by atoms with van der Waals surface area (Å²) in [6.07, 6.45) is 0.894. The van der Waals surface area contributed by atoms with Crippen LogP contribution in [-0.4, -0.2) is 51.2 Å². The third kappa shape index (κ3) is 5.11. The summed E-state index contributed by atoms with van der Waals surface area (Å²) < 4.78 is 48.6. The van der Waals surface area contributed by atoms with E-state index in [-0.39, 0.29) is 24.7 Å². The fraction of sp³-hybridized carbons (Fsp3) is 0.450. The topological polar surface area (TPSA) is 80.1 Å². The van der Waals surface area contributed by atoms with Crippen molar-refractivity contribution in [3.63, 3.8) is 0 Å². The normalized spacial score (nSPS) is 14.2. The maximum absolute atomic E-state index is 14.1. The second-order valence-corrected chi connectivity index (χ2v) is 7.13. The molecule has 3 N–H and O–H groups in total. The number of halogens is 3. The first kappa shape index (κ1) is 23.2. The van der Waals surface area contributed by atoms with E-state index in [1.807, 2.05) is 25.8 Å². The molecule has 7 nitrogen and oxygen atoms in total. The Bertz CT molecular complexity index is 856. The smallest absolute Gasteiger partial charge is 0.388 e. The molecule has 30 heavy (non-hydrogen) atoms. The van der Waals surface area contributed by atoms with Crippen molar-refractivity contribution in [1.29, 1.82) is 0 Å². The minimum atomic E-state index is -3.16. The van der Waals surface area contributed by atoms with Crippen molar-refractivity contribution in [1.82, 2.24) is 10.2 Å². The van der Waals surface area contributed by atoms with Crippen LogP contribution in [0.2, 0.25) is 0 Å². The van der Waals surface area contributed by atoms with Gasteiger partial charge in [0.2, 0.25) is 11.8 Å². The average Bonchev–Trinajstić information content (AvgIpc) is 2.67. The highest BCUT2D eigenvalue weighted by Crippen LogP contribution is 2.35. The number of carbonyl (C=O) groups excluding carboxylic acids is 1. The molecule has 1 aliphatic heterocycles. The number of nitrogens with one attached hydrogen (secondary N) is 1. The number of allylic oxidation sites excluding steroid dienone is 2. The van der Waals surface area contributed by atoms with Crippen molar-refractivity contribution >= 4 is 17.3 Å². The van der Waals surface area contributed by atoms with Crippen molar-refractivity contribution in [3.05, 3.63) is 41.1 Å². The van der Waals surface area contributed by atoms with E-state index in [9.17, 15) is 18.0 Å². The predicted octanol–water partition coefficient (Wildman–Crippen LogP) is 2.99. The zero-order valence-corrected chi connectivity index (χ0v) is 17.6. The Labute approximate surface area is 173 Å². The maximum Gasteiger partial charge on any atom is 0.388 e. The lowest BCUT2D eigenvalue weighted by Gasteiger charge is -2.29. The Balaban J connectivity index is 2.26. The molecule has 0 aliphatic carbocycles. The molecule has 1 heterocycles. The van der Waals surface area contributed by atoms with Crippen LogP contribution in [0.5, 0.6) is 5.75 Å². The summed E-state index contributed by atoms with van der Waals surface area (Å²) in [7, 11) is 4.75. The van der Waals surface area contributed by atoms with Gasteiger partial charge in [-0.15, -0.1) is 0 Å². The van der Waals surface area contributed by atoms with Gasteiger partial charge in [-0.3, -0.25) is 4.79 Å². The maximum atomic E-state index is 14.1. The quantitative estimate of drug-likeness (QED) is 0.620. The first-order valence-electron chi connectivity index (χ1n) is 9.29. The number of nitrogen functional groups attached to an aromatic ring is 1. The number of nitrogens with two attached hydrogens (primary N) is 1. The average molecular weight is 428 g/mol. The van der Waals surface area contributed by atoms with E-state index in [4.69, 9.17) is 10.5 Å². The van der Waals surface area contributed by atoms with Crippen molar-refractivity contribution in [2.75, 3.05) is 38.4 Å². The minimum Gasteiger partial charge on any atom is -0.496 e. The molecule has 0 atom stereocenters. The van der Waals surface area contributed by atoms with E-state index < -0.39 is 24.2 Å². The lowest BCUT2D eigenvalue weighted by Crippen LogP contribution is -2.35. The number of carbonyl (C=O) groups is 1. The molecule has 1 aliphatic rings. The molecular formula is C20H27F3N4O3. The second-order valence-electron chi connectivity index (χ2n) is 7.13. The van der Waals surface area contributed by atoms with Gasteiger partial charge < -0.3 is 30.3 Å². The SMILES string of the molecule is COc1ccc(N)c(N(C)C(C)C)c1CNC(=O)C1=CC(F)=C(OC(F)F)N(C)C1. The number of methoxy groups -OCH3 is 1. The van der Waals surface area contributed by atoms with Crippen LogP contribution in [0, 0.1) is 0 Å². The predicted molar refractivity (Wildman–Crippen MR) is 109 cm³/mol. The first-order chi connectivity index (χ1) is 14.1. The van der Waals surface area contributed by atoms with E-state index in [0.717, 1.165) is 16.7 Å². The van der Waals surface area contributed by atoms with Crippen LogP contribution in [0.4, 0.5) is 24.5 Å². The van der Waals surface area contributed by atoms with Gasteiger partial charge in [0.1, 0.15) is 5.75 Å². The number of hydrogen-bond acceptors (Lipinski definition) is 6. The van der Waals surface area contributed by atoms with Gasteiger partial charge in [-0.2, -0.15) is 8.78 Å². The fourth-order valence-electron chi connectivity index (χ4n) is 3.09. The van der Waals surface area contributed by atoms with Crippen LogP contribution in [0.1, 0.15) is 19.4 Å². The molecular weight excluding hydrogens is 401 g/mol. The molecule has 10 heteroatoms. The summed E-state index contributed by atoms with van der Waals surface area (Å²) in [5.41, 5.74) is 8.15. The molecule has 0 spiro atoms. The van der Waals surface area contributed by atoms with Crippen molar-refractivity contribution in [3.8, 4) is 5.75 Å². The Morgan fingerprint density at radius 3 is 2.57 bits per heavy atom. The van der Waals surface area contributed by atoms with Crippen LogP contribution >= 0.6 is 0 Å². The monoisotopic (exact) mass is 428 g/mol. The van der Waals surface area contributed by atoms with Gasteiger partial charge in [0.15, 0.2) is 5.83 Å². The van der Waals surface area contributed by atoms with E-state index in [1.165, 1.54) is 14.2 Å². The minimum absolute atomic E-state index is 0.0678. The number of likely N-dealkylation sites (N-methyl/N-ethyl adjacent to an activating group) is 1. The van der Waals surface area contributed by atoms with Crippen molar-refractivity contribution < 1.29 is 27.4 Å². The number of ether oxygens (including phenoxy) is 2. The molecule has 2 rings (SSSR count). The van der Waals surface area contributed by atoms with Crippen LogP contribution < -0.4 is 20.7 Å². The summed E-state index contributed by atoms with van der Waals surface area (Å²) in [6, 6.07) is 3.57. The number of benzene rings is 1. The number of alkyl halides is 2. The molecule has 0 saturated carbocycles. The highest BCUT2D eigenvalue weighted by molar-refractivity contribution is 5.94. The zero-order valence-electron chi connectivity index (χ0n) is 17.6. The van der Waals surface area contributed by atoms with E-state index >= 15 is 0 Å². The largest absolute Gasteiger partial charge is 0.496 e. The zero-order chi connectivity index (χ0) is 22.6. The standard InChI is InChI=1S/C20H27F3N4O3/c1-11(2)27(4)17-13(16(29-5)7-6-15(17)24)9-25-18(28)12-8-14(21)19(26(3)10-12)30-20(22)23/h6-8,11,20H,9-10,24H2,1-5H3,(H,25,28). The first-order valence-corrected chi connectivity index (χ1v) is 9.29. The molecule has 1 aromatic carbocycles. The Hall–Kier alpha value is -3.04. The highest BCUT2D eigenvalue weighted by atomic mass is 19.3. The summed E-state index contributed by atoms with van der Waals surface area (Å²) in [5.74, 6) is -1.66. The van der Waals surface area contributed by atoms with E-state index in [0.29, 0.717) is 17.0 Å². The number of amides is 1. The van der Waals surface area contributed by atoms with Gasteiger partial charge in [0.25, 0.3) is 0 Å². The number of hydrogen-bond donors (Lipinski definition) is 2. The number of anilines is 2. The van der Waals surface area contributed by atoms with Crippen LogP contribution in [0.25, 0.3) is 0 Å². The molecule has 0 saturated heterocycles. The van der Waals surface area contributed by atoms with Crippen molar-refractivity contribution in [2.45, 2.75) is 33.0 Å². The van der Waals surface area contributed by atoms with E-state index in [2.05, 4.69) is 10.1 Å². The van der Waals surface area contributed by atoms with Gasteiger partial charge in [-0.05, 0) is 32.1 Å². The Kier molecular flexibility index (Phi) is 7.47. The van der Waals surface area contributed by atoms with Crippen LogP contribution in [0.15, 0.2) is 35.5 Å². The van der Waals surface area contributed by atoms with Gasteiger partial charge in [0, 0.05) is 37.8 Å². The molecule has 0 fully saturated rings. The van der Waals surface area contributed by atoms with E-state index in [1.54, 1.807) is 12.1 Å². The fourth-order valence-corrected chi connectivity index (χ4v) is 3.09. The van der Waals surface area contributed by atoms with Gasteiger partial charge in [-0.1, -0.05) is 0 Å². The second kappa shape index (κ2) is 9.64. The molecule has 0 unspecified atom stereocenters. The molecule has 1 aromatic rings. The van der Waals surface area contributed by atoms with Gasteiger partial charge >= 0.3 is 6.61 Å². The van der Waals surface area contributed by atoms with Crippen LogP contribution in [-0.2, 0) is 16.1 Å². The van der Waals surface area contributed by atoms with Gasteiger partial charge in [0.05, 0.1) is 25.0 Å². The third-order valence-electron chi connectivity index (χ3n) is 4.80. The Morgan fingerprint density at radius 2 is 2.03 bits per heavy atom.